The Morgan fingerprint density at radius 3 is 2.08 bits per heavy atom. The molecular weight excluding hydrogens is 395 g/mol. The molecule has 3 aromatic carbocycles. The summed E-state index contributed by atoms with van der Waals surface area (Å²) < 4.78 is 11.0. The second-order valence-electron chi connectivity index (χ2n) is 5.35. The average Bonchev–Trinajstić information content (AvgIpc) is 2.63. The summed E-state index contributed by atoms with van der Waals surface area (Å²) in [5, 5.41) is 1.06. The third kappa shape index (κ3) is 4.50. The van der Waals surface area contributed by atoms with Crippen molar-refractivity contribution in [2.24, 2.45) is 0 Å². The van der Waals surface area contributed by atoms with E-state index in [0.29, 0.717) is 16.3 Å². The molecule has 0 fully saturated rings. The Morgan fingerprint density at radius 2 is 1.42 bits per heavy atom. The molecule has 0 aromatic heterocycles. The highest BCUT2D eigenvalue weighted by Crippen LogP contribution is 2.37. The molecule has 3 rings (SSSR count). The maximum Gasteiger partial charge on any atom is 0.343 e. The smallest absolute Gasteiger partial charge is 0.343 e. The van der Waals surface area contributed by atoms with Crippen LogP contribution in [0.1, 0.15) is 15.9 Å². The fraction of sp³-hybridized carbons (Fsp3) is 0.0500. The summed E-state index contributed by atoms with van der Waals surface area (Å²) in [7, 11) is 0. The van der Waals surface area contributed by atoms with Crippen molar-refractivity contribution in [2.75, 3.05) is 0 Å². The van der Waals surface area contributed by atoms with E-state index in [-0.39, 0.29) is 22.4 Å². The minimum Gasteiger partial charge on any atom is -0.486 e. The average molecular weight is 408 g/mol. The lowest BCUT2D eigenvalue weighted by atomic mass is 10.2. The van der Waals surface area contributed by atoms with Crippen molar-refractivity contribution < 1.29 is 14.3 Å². The normalized spacial score (nSPS) is 10.4. The number of esters is 1. The van der Waals surface area contributed by atoms with Crippen LogP contribution in [0.3, 0.4) is 0 Å². The van der Waals surface area contributed by atoms with Crippen molar-refractivity contribution in [3.05, 3.63) is 92.9 Å². The van der Waals surface area contributed by atoms with Crippen molar-refractivity contribution >= 4 is 40.8 Å². The topological polar surface area (TPSA) is 35.5 Å². The van der Waals surface area contributed by atoms with Crippen molar-refractivity contribution in [3.8, 4) is 11.5 Å². The number of carbonyl (C=O) groups is 1. The Morgan fingerprint density at radius 1 is 0.808 bits per heavy atom. The predicted octanol–water partition coefficient (Wildman–Crippen LogP) is 6.45. The van der Waals surface area contributed by atoms with E-state index in [0.717, 1.165) is 5.56 Å². The van der Waals surface area contributed by atoms with Gasteiger partial charge in [-0.25, -0.2) is 4.79 Å². The van der Waals surface area contributed by atoms with Crippen LogP contribution in [0.5, 0.6) is 11.5 Å². The minimum atomic E-state index is -0.498. The molecule has 0 aliphatic rings. The Kier molecular flexibility index (Phi) is 6.04. The van der Waals surface area contributed by atoms with E-state index >= 15 is 0 Å². The third-order valence-corrected chi connectivity index (χ3v) is 4.45. The van der Waals surface area contributed by atoms with Crippen molar-refractivity contribution in [3.63, 3.8) is 0 Å². The summed E-state index contributed by atoms with van der Waals surface area (Å²) in [5.41, 5.74) is 1.24. The van der Waals surface area contributed by atoms with Crippen LogP contribution in [0.25, 0.3) is 0 Å². The largest absolute Gasteiger partial charge is 0.486 e. The van der Waals surface area contributed by atoms with Gasteiger partial charge < -0.3 is 9.47 Å². The SMILES string of the molecule is O=C(Oc1cc(Cl)c(OCc2ccccc2Cl)c(Cl)c1)c1ccccc1. The molecule has 0 heterocycles. The molecule has 0 radical (unpaired) electrons. The van der Waals surface area contributed by atoms with Gasteiger partial charge in [0.15, 0.2) is 5.75 Å². The van der Waals surface area contributed by atoms with Crippen LogP contribution in [0, 0.1) is 0 Å². The fourth-order valence-corrected chi connectivity index (χ4v) is 3.01. The van der Waals surface area contributed by atoms with Crippen molar-refractivity contribution in [2.45, 2.75) is 6.61 Å². The molecule has 0 unspecified atom stereocenters. The molecule has 3 nitrogen and oxygen atoms in total. The fourth-order valence-electron chi connectivity index (χ4n) is 2.24. The van der Waals surface area contributed by atoms with Crippen molar-refractivity contribution in [1.82, 2.24) is 0 Å². The first-order chi connectivity index (χ1) is 12.5. The molecule has 0 aliphatic carbocycles. The van der Waals surface area contributed by atoms with Gasteiger partial charge in [-0.05, 0) is 18.2 Å². The van der Waals surface area contributed by atoms with Crippen LogP contribution < -0.4 is 9.47 Å². The van der Waals surface area contributed by atoms with Crippen LogP contribution >= 0.6 is 34.8 Å². The molecule has 0 amide bonds. The molecule has 0 spiro atoms. The molecule has 132 valence electrons. The standard InChI is InChI=1S/C20H13Cl3O3/c21-16-9-5-4-8-14(16)12-25-19-17(22)10-15(11-18(19)23)26-20(24)13-6-2-1-3-7-13/h1-11H,12H2. The summed E-state index contributed by atoms with van der Waals surface area (Å²) in [6.07, 6.45) is 0. The van der Waals surface area contributed by atoms with Crippen LogP contribution in [-0.2, 0) is 6.61 Å². The maximum atomic E-state index is 12.1. The molecular formula is C20H13Cl3O3. The Labute approximate surface area is 166 Å². The second kappa shape index (κ2) is 8.45. The summed E-state index contributed by atoms with van der Waals surface area (Å²) in [5.74, 6) is 0.0363. The highest BCUT2D eigenvalue weighted by atomic mass is 35.5. The number of benzene rings is 3. The number of hydrogen-bond donors (Lipinski definition) is 0. The van der Waals surface area contributed by atoms with E-state index in [1.807, 2.05) is 24.3 Å². The molecule has 26 heavy (non-hydrogen) atoms. The molecule has 0 aliphatic heterocycles. The summed E-state index contributed by atoms with van der Waals surface area (Å²) in [6, 6.07) is 18.9. The first-order valence-corrected chi connectivity index (χ1v) is 8.80. The van der Waals surface area contributed by atoms with Gasteiger partial charge in [-0.1, -0.05) is 71.2 Å². The van der Waals surface area contributed by atoms with Gasteiger partial charge in [-0.2, -0.15) is 0 Å². The van der Waals surface area contributed by atoms with Crippen LogP contribution in [0.15, 0.2) is 66.7 Å². The van der Waals surface area contributed by atoms with E-state index in [1.54, 1.807) is 30.3 Å². The van der Waals surface area contributed by atoms with E-state index in [1.165, 1.54) is 12.1 Å². The van der Waals surface area contributed by atoms with Gasteiger partial charge in [-0.3, -0.25) is 0 Å². The lowest BCUT2D eigenvalue weighted by Gasteiger charge is -2.13. The van der Waals surface area contributed by atoms with Gasteiger partial charge in [0.05, 0.1) is 15.6 Å². The molecule has 3 aromatic rings. The molecule has 0 atom stereocenters. The highest BCUT2D eigenvalue weighted by molar-refractivity contribution is 6.37. The monoisotopic (exact) mass is 406 g/mol. The molecule has 6 heteroatoms. The quantitative estimate of drug-likeness (QED) is 0.360. The lowest BCUT2D eigenvalue weighted by Crippen LogP contribution is -2.08. The number of rotatable bonds is 5. The number of hydrogen-bond acceptors (Lipinski definition) is 3. The Bertz CT molecular complexity index is 904. The summed E-state index contributed by atoms with van der Waals surface area (Å²) >= 11 is 18.6. The zero-order valence-corrected chi connectivity index (χ0v) is 15.7. The van der Waals surface area contributed by atoms with Gasteiger partial charge in [0.1, 0.15) is 12.4 Å². The van der Waals surface area contributed by atoms with Gasteiger partial charge >= 0.3 is 5.97 Å². The molecule has 0 N–H and O–H groups in total. The van der Waals surface area contributed by atoms with E-state index < -0.39 is 5.97 Å². The Balaban J connectivity index is 1.74. The number of halogens is 3. The zero-order chi connectivity index (χ0) is 18.5. The van der Waals surface area contributed by atoms with Crippen LogP contribution in [0.4, 0.5) is 0 Å². The van der Waals surface area contributed by atoms with Gasteiger partial charge in [0, 0.05) is 22.7 Å². The molecule has 0 saturated heterocycles. The molecule has 0 saturated carbocycles. The van der Waals surface area contributed by atoms with Gasteiger partial charge in [-0.15, -0.1) is 0 Å². The predicted molar refractivity (Wildman–Crippen MR) is 104 cm³/mol. The zero-order valence-electron chi connectivity index (χ0n) is 13.4. The number of carbonyl (C=O) groups excluding carboxylic acids is 1. The van der Waals surface area contributed by atoms with E-state index in [4.69, 9.17) is 44.3 Å². The summed E-state index contributed by atoms with van der Waals surface area (Å²) in [6.45, 7) is 0.211. The first kappa shape index (κ1) is 18.6. The Hall–Kier alpha value is -2.20. The maximum absolute atomic E-state index is 12.1. The number of ether oxygens (including phenoxy) is 2. The third-order valence-electron chi connectivity index (χ3n) is 3.52. The molecule has 0 bridgehead atoms. The lowest BCUT2D eigenvalue weighted by molar-refractivity contribution is 0.0734. The minimum absolute atomic E-state index is 0.211. The van der Waals surface area contributed by atoms with Crippen LogP contribution in [-0.4, -0.2) is 5.97 Å². The summed E-state index contributed by atoms with van der Waals surface area (Å²) in [4.78, 5) is 12.1. The van der Waals surface area contributed by atoms with Gasteiger partial charge in [0.2, 0.25) is 0 Å². The van der Waals surface area contributed by atoms with Crippen molar-refractivity contribution in [1.29, 1.82) is 0 Å². The first-order valence-electron chi connectivity index (χ1n) is 7.67. The van der Waals surface area contributed by atoms with Gasteiger partial charge in [0.25, 0.3) is 0 Å². The highest BCUT2D eigenvalue weighted by Gasteiger charge is 2.14. The van der Waals surface area contributed by atoms with E-state index in [9.17, 15) is 4.79 Å². The van der Waals surface area contributed by atoms with E-state index in [2.05, 4.69) is 0 Å². The van der Waals surface area contributed by atoms with Crippen LogP contribution in [0.2, 0.25) is 15.1 Å². The second-order valence-corrected chi connectivity index (χ2v) is 6.57.